The van der Waals surface area contributed by atoms with Crippen LogP contribution in [0.15, 0.2) is 24.3 Å². The van der Waals surface area contributed by atoms with Gasteiger partial charge < -0.3 is 20.6 Å². The minimum Gasteiger partial charge on any atom is -0.394 e. The van der Waals surface area contributed by atoms with E-state index >= 15 is 0 Å². The van der Waals surface area contributed by atoms with Crippen molar-refractivity contribution in [1.82, 2.24) is 5.32 Å². The second-order valence-corrected chi connectivity index (χ2v) is 6.54. The number of amides is 1. The molecule has 25 heavy (non-hydrogen) atoms. The molecule has 3 atom stereocenters. The molecule has 0 aromatic heterocycles. The molecule has 1 rings (SSSR count). The molecule has 0 aromatic carbocycles. The molecule has 0 saturated carbocycles. The monoisotopic (exact) mass is 353 g/mol. The molecule has 0 aliphatic carbocycles. The van der Waals surface area contributed by atoms with Gasteiger partial charge in [0.1, 0.15) is 6.10 Å². The molecule has 0 radical (unpaired) electrons. The van der Waals surface area contributed by atoms with E-state index in [1.54, 1.807) is 6.08 Å². The van der Waals surface area contributed by atoms with Crippen LogP contribution in [0.25, 0.3) is 0 Å². The SMILES string of the molecule is CCCCCCCCCC=CC=CC(=O)C1(O)C(=O)NC(CO)C1O. The van der Waals surface area contributed by atoms with Crippen molar-refractivity contribution in [2.24, 2.45) is 0 Å². The van der Waals surface area contributed by atoms with Crippen molar-refractivity contribution >= 4 is 11.7 Å². The highest BCUT2D eigenvalue weighted by Crippen LogP contribution is 2.23. The van der Waals surface area contributed by atoms with Gasteiger partial charge in [0.2, 0.25) is 5.60 Å². The van der Waals surface area contributed by atoms with Crippen LogP contribution >= 0.6 is 0 Å². The molecule has 1 saturated heterocycles. The van der Waals surface area contributed by atoms with Crippen LogP contribution in [0.2, 0.25) is 0 Å². The Hall–Kier alpha value is -1.50. The van der Waals surface area contributed by atoms with E-state index in [9.17, 15) is 19.8 Å². The Labute approximate surface area is 149 Å². The van der Waals surface area contributed by atoms with Crippen molar-refractivity contribution in [1.29, 1.82) is 0 Å². The summed E-state index contributed by atoms with van der Waals surface area (Å²) in [5.74, 6) is -1.88. The number of hydrogen-bond acceptors (Lipinski definition) is 5. The lowest BCUT2D eigenvalue weighted by Gasteiger charge is -2.21. The first-order chi connectivity index (χ1) is 12.0. The van der Waals surface area contributed by atoms with Gasteiger partial charge >= 0.3 is 0 Å². The van der Waals surface area contributed by atoms with Crippen molar-refractivity contribution in [3.05, 3.63) is 24.3 Å². The summed E-state index contributed by atoms with van der Waals surface area (Å²) in [5.41, 5.74) is -2.53. The third kappa shape index (κ3) is 6.06. The third-order valence-electron chi connectivity index (χ3n) is 4.51. The first-order valence-electron chi connectivity index (χ1n) is 9.18. The highest BCUT2D eigenvalue weighted by atomic mass is 16.4. The summed E-state index contributed by atoms with van der Waals surface area (Å²) < 4.78 is 0. The first kappa shape index (κ1) is 21.5. The summed E-state index contributed by atoms with van der Waals surface area (Å²) in [7, 11) is 0. The van der Waals surface area contributed by atoms with Gasteiger partial charge in [-0.3, -0.25) is 9.59 Å². The highest BCUT2D eigenvalue weighted by molar-refractivity contribution is 6.16. The minimum absolute atomic E-state index is 0.551. The molecule has 3 unspecified atom stereocenters. The fourth-order valence-corrected chi connectivity index (χ4v) is 2.85. The fraction of sp³-hybridized carbons (Fsp3) is 0.684. The van der Waals surface area contributed by atoms with Crippen LogP contribution in [-0.2, 0) is 9.59 Å². The normalized spacial score (nSPS) is 26.6. The number of unbranched alkanes of at least 4 members (excludes halogenated alkanes) is 7. The molecule has 1 aliphatic rings. The number of rotatable bonds is 12. The van der Waals surface area contributed by atoms with Gasteiger partial charge in [-0.1, -0.05) is 63.7 Å². The van der Waals surface area contributed by atoms with E-state index in [0.29, 0.717) is 0 Å². The van der Waals surface area contributed by atoms with Crippen LogP contribution in [-0.4, -0.2) is 51.4 Å². The number of carbonyl (C=O) groups excluding carboxylic acids is 2. The molecule has 142 valence electrons. The molecular formula is C19H31NO5. The zero-order valence-corrected chi connectivity index (χ0v) is 15.0. The topological polar surface area (TPSA) is 107 Å². The summed E-state index contributed by atoms with van der Waals surface area (Å²) >= 11 is 0. The molecule has 0 bridgehead atoms. The van der Waals surface area contributed by atoms with E-state index in [4.69, 9.17) is 5.11 Å². The van der Waals surface area contributed by atoms with Crippen LogP contribution in [0.1, 0.15) is 58.3 Å². The summed E-state index contributed by atoms with van der Waals surface area (Å²) in [5, 5.41) is 31.2. The largest absolute Gasteiger partial charge is 0.394 e. The van der Waals surface area contributed by atoms with Gasteiger partial charge in [0.15, 0.2) is 5.78 Å². The molecule has 0 spiro atoms. The van der Waals surface area contributed by atoms with Crippen LogP contribution in [0.4, 0.5) is 0 Å². The Bertz CT molecular complexity index is 488. The van der Waals surface area contributed by atoms with E-state index in [1.807, 2.05) is 6.08 Å². The number of allylic oxidation sites excluding steroid dienone is 3. The third-order valence-corrected chi connectivity index (χ3v) is 4.51. The number of hydrogen-bond donors (Lipinski definition) is 4. The lowest BCUT2D eigenvalue weighted by Crippen LogP contribution is -2.52. The summed E-state index contributed by atoms with van der Waals surface area (Å²) in [4.78, 5) is 23.8. The van der Waals surface area contributed by atoms with E-state index in [0.717, 1.165) is 18.9 Å². The minimum atomic E-state index is -2.53. The fourth-order valence-electron chi connectivity index (χ4n) is 2.85. The standard InChI is InChI=1S/C19H31NO5/c1-2-3-4-5-6-7-8-9-10-11-12-13-16(22)19(25)17(23)15(14-21)20-18(19)24/h10-13,15,17,21,23,25H,2-9,14H2,1H3,(H,20,24). The summed E-state index contributed by atoms with van der Waals surface area (Å²) in [6.45, 7) is 1.65. The van der Waals surface area contributed by atoms with Crippen LogP contribution in [0.5, 0.6) is 0 Å². The number of nitrogens with one attached hydrogen (secondary N) is 1. The van der Waals surface area contributed by atoms with Crippen molar-refractivity contribution in [3.63, 3.8) is 0 Å². The molecule has 1 heterocycles. The maximum atomic E-state index is 12.0. The molecule has 4 N–H and O–H groups in total. The predicted octanol–water partition coefficient (Wildman–Crippen LogP) is 1.39. The lowest BCUT2D eigenvalue weighted by molar-refractivity contribution is -0.154. The Kier molecular flexibility index (Phi) is 9.63. The quantitative estimate of drug-likeness (QED) is 0.184. The molecule has 6 nitrogen and oxygen atoms in total. The van der Waals surface area contributed by atoms with Gasteiger partial charge in [-0.05, 0) is 18.9 Å². The number of carbonyl (C=O) groups is 2. The smallest absolute Gasteiger partial charge is 0.263 e. The van der Waals surface area contributed by atoms with E-state index < -0.39 is 36.0 Å². The summed E-state index contributed by atoms with van der Waals surface area (Å²) in [6.07, 6.45) is 14.1. The maximum absolute atomic E-state index is 12.0. The Morgan fingerprint density at radius 1 is 1.16 bits per heavy atom. The Morgan fingerprint density at radius 3 is 2.40 bits per heavy atom. The first-order valence-corrected chi connectivity index (χ1v) is 9.18. The molecule has 1 aliphatic heterocycles. The van der Waals surface area contributed by atoms with Gasteiger partial charge in [-0.2, -0.15) is 0 Å². The average molecular weight is 353 g/mol. The predicted molar refractivity (Wildman–Crippen MR) is 95.9 cm³/mol. The van der Waals surface area contributed by atoms with E-state index in [1.165, 1.54) is 44.6 Å². The van der Waals surface area contributed by atoms with Crippen LogP contribution in [0, 0.1) is 0 Å². The lowest BCUT2D eigenvalue weighted by atomic mass is 9.91. The van der Waals surface area contributed by atoms with Gasteiger partial charge in [0.05, 0.1) is 12.6 Å². The number of aliphatic hydroxyl groups excluding tert-OH is 2. The van der Waals surface area contributed by atoms with Gasteiger partial charge in [0.25, 0.3) is 5.91 Å². The average Bonchev–Trinajstić information content (AvgIpc) is 2.84. The van der Waals surface area contributed by atoms with Crippen molar-refractivity contribution < 1.29 is 24.9 Å². The second-order valence-electron chi connectivity index (χ2n) is 6.54. The van der Waals surface area contributed by atoms with Crippen molar-refractivity contribution in [2.75, 3.05) is 6.61 Å². The Balaban J connectivity index is 2.31. The molecule has 1 amide bonds. The van der Waals surface area contributed by atoms with Crippen LogP contribution in [0.3, 0.4) is 0 Å². The Morgan fingerprint density at radius 2 is 1.80 bits per heavy atom. The molecule has 0 aromatic rings. The summed E-state index contributed by atoms with van der Waals surface area (Å²) in [6, 6.07) is -1.04. The zero-order chi connectivity index (χ0) is 18.7. The van der Waals surface area contributed by atoms with Crippen LogP contribution < -0.4 is 5.32 Å². The second kappa shape index (κ2) is 11.2. The molecule has 1 fully saturated rings. The highest BCUT2D eigenvalue weighted by Gasteiger charge is 2.57. The van der Waals surface area contributed by atoms with Gasteiger partial charge in [-0.15, -0.1) is 0 Å². The van der Waals surface area contributed by atoms with Gasteiger partial charge in [0, 0.05) is 0 Å². The zero-order valence-electron chi connectivity index (χ0n) is 15.0. The van der Waals surface area contributed by atoms with Crippen molar-refractivity contribution in [2.45, 2.75) is 76.0 Å². The maximum Gasteiger partial charge on any atom is 0.263 e. The number of aliphatic hydroxyl groups is 3. The van der Waals surface area contributed by atoms with Crippen molar-refractivity contribution in [3.8, 4) is 0 Å². The van der Waals surface area contributed by atoms with Gasteiger partial charge in [-0.25, -0.2) is 0 Å². The van der Waals surface area contributed by atoms with E-state index in [2.05, 4.69) is 12.2 Å². The molecular weight excluding hydrogens is 322 g/mol. The van der Waals surface area contributed by atoms with E-state index in [-0.39, 0.29) is 0 Å². The number of ketones is 1. The molecule has 6 heteroatoms.